The largest absolute Gasteiger partial charge is 0.361 e. The molecule has 6 heteroatoms. The quantitative estimate of drug-likeness (QED) is 0.743. The van der Waals surface area contributed by atoms with Gasteiger partial charge in [0.1, 0.15) is 5.76 Å². The first kappa shape index (κ1) is 14.7. The minimum absolute atomic E-state index is 0.0209. The Hall–Kier alpha value is -2.89. The number of anilines is 1. The monoisotopic (exact) mass is 322 g/mol. The fraction of sp³-hybridized carbons (Fsp3) is 0.278. The fourth-order valence-electron chi connectivity index (χ4n) is 3.24. The molecule has 0 unspecified atom stereocenters. The van der Waals surface area contributed by atoms with E-state index in [0.29, 0.717) is 18.0 Å². The van der Waals surface area contributed by atoms with Crippen LogP contribution in [0.2, 0.25) is 0 Å². The summed E-state index contributed by atoms with van der Waals surface area (Å²) in [5, 5.41) is 8.28. The van der Waals surface area contributed by atoms with Crippen molar-refractivity contribution in [3.63, 3.8) is 0 Å². The molecule has 3 heterocycles. The summed E-state index contributed by atoms with van der Waals surface area (Å²) in [6, 6.07) is 11.9. The molecule has 0 N–H and O–H groups in total. The Morgan fingerprint density at radius 2 is 2.21 bits per heavy atom. The number of benzene rings is 1. The molecule has 0 spiro atoms. The second-order valence-corrected chi connectivity index (χ2v) is 6.08. The number of carbonyl (C=O) groups is 1. The van der Waals surface area contributed by atoms with Crippen molar-refractivity contribution in [2.45, 2.75) is 25.8 Å². The summed E-state index contributed by atoms with van der Waals surface area (Å²) in [7, 11) is 0. The van der Waals surface area contributed by atoms with Crippen LogP contribution in [0.25, 0.3) is 0 Å². The molecule has 24 heavy (non-hydrogen) atoms. The number of aromatic nitrogens is 3. The van der Waals surface area contributed by atoms with Gasteiger partial charge < -0.3 is 9.42 Å². The first-order valence-electron chi connectivity index (χ1n) is 8.00. The number of para-hydroxylation sites is 1. The van der Waals surface area contributed by atoms with Gasteiger partial charge in [-0.3, -0.25) is 9.48 Å². The van der Waals surface area contributed by atoms with Gasteiger partial charge in [-0.05, 0) is 31.0 Å². The number of fused-ring (bicyclic) bond motifs is 1. The zero-order valence-corrected chi connectivity index (χ0v) is 13.4. The number of nitrogens with zero attached hydrogens (tertiary/aromatic N) is 4. The summed E-state index contributed by atoms with van der Waals surface area (Å²) in [6.45, 7) is 2.43. The van der Waals surface area contributed by atoms with Gasteiger partial charge in [-0.1, -0.05) is 23.4 Å². The Labute approximate surface area is 139 Å². The second kappa shape index (κ2) is 5.96. The van der Waals surface area contributed by atoms with Gasteiger partial charge in [0.2, 0.25) is 5.91 Å². The fourth-order valence-corrected chi connectivity index (χ4v) is 3.24. The van der Waals surface area contributed by atoms with Gasteiger partial charge in [0.15, 0.2) is 0 Å². The lowest BCUT2D eigenvalue weighted by Crippen LogP contribution is -2.41. The third-order valence-electron chi connectivity index (χ3n) is 4.34. The molecule has 0 fully saturated rings. The van der Waals surface area contributed by atoms with Gasteiger partial charge in [-0.25, -0.2) is 0 Å². The molecule has 0 bridgehead atoms. The Morgan fingerprint density at radius 1 is 1.33 bits per heavy atom. The van der Waals surface area contributed by atoms with E-state index in [-0.39, 0.29) is 18.4 Å². The van der Waals surface area contributed by atoms with Gasteiger partial charge in [0.25, 0.3) is 0 Å². The topological polar surface area (TPSA) is 64.2 Å². The standard InChI is InChI=1S/C18H18N4O2/c1-13-9-15(20-24-13)11-18(23)21-12-16(22-8-4-7-19-22)10-14-5-2-3-6-17(14)21/h2-9,16H,10-12H2,1H3/t16-/m0/s1. The zero-order valence-electron chi connectivity index (χ0n) is 13.4. The highest BCUT2D eigenvalue weighted by Crippen LogP contribution is 2.32. The Balaban J connectivity index is 1.63. The molecule has 1 aromatic carbocycles. The maximum absolute atomic E-state index is 12.9. The van der Waals surface area contributed by atoms with Crippen molar-refractivity contribution < 1.29 is 9.32 Å². The molecule has 122 valence electrons. The van der Waals surface area contributed by atoms with E-state index in [1.807, 2.05) is 47.0 Å². The molecule has 6 nitrogen and oxygen atoms in total. The van der Waals surface area contributed by atoms with Crippen LogP contribution in [0.1, 0.15) is 23.1 Å². The van der Waals surface area contributed by atoms with Crippen LogP contribution in [0.4, 0.5) is 5.69 Å². The van der Waals surface area contributed by atoms with Crippen molar-refractivity contribution in [1.29, 1.82) is 0 Å². The molecule has 1 aliphatic heterocycles. The molecule has 1 aliphatic rings. The summed E-state index contributed by atoms with van der Waals surface area (Å²) < 4.78 is 6.99. The minimum atomic E-state index is 0.0209. The SMILES string of the molecule is Cc1cc(CC(=O)N2C[C@@H](n3cccn3)Cc3ccccc32)no1. The third kappa shape index (κ3) is 2.71. The lowest BCUT2D eigenvalue weighted by atomic mass is 9.97. The molecule has 0 saturated carbocycles. The normalized spacial score (nSPS) is 16.9. The Kier molecular flexibility index (Phi) is 3.65. The van der Waals surface area contributed by atoms with Crippen molar-refractivity contribution in [1.82, 2.24) is 14.9 Å². The van der Waals surface area contributed by atoms with E-state index in [9.17, 15) is 4.79 Å². The molecule has 1 atom stereocenters. The van der Waals surface area contributed by atoms with E-state index in [4.69, 9.17) is 4.52 Å². The highest BCUT2D eigenvalue weighted by molar-refractivity contribution is 5.95. The number of hydrogen-bond donors (Lipinski definition) is 0. The van der Waals surface area contributed by atoms with Crippen molar-refractivity contribution in [2.75, 3.05) is 11.4 Å². The third-order valence-corrected chi connectivity index (χ3v) is 4.34. The maximum atomic E-state index is 12.9. The van der Waals surface area contributed by atoms with E-state index >= 15 is 0 Å². The van der Waals surface area contributed by atoms with Gasteiger partial charge >= 0.3 is 0 Å². The zero-order chi connectivity index (χ0) is 16.5. The summed E-state index contributed by atoms with van der Waals surface area (Å²) in [6.07, 6.45) is 4.81. The van der Waals surface area contributed by atoms with Crippen molar-refractivity contribution in [2.24, 2.45) is 0 Å². The lowest BCUT2D eigenvalue weighted by molar-refractivity contribution is -0.118. The van der Waals surface area contributed by atoms with Crippen LogP contribution in [0, 0.1) is 6.92 Å². The van der Waals surface area contributed by atoms with Crippen LogP contribution in [0.15, 0.2) is 53.3 Å². The average Bonchev–Trinajstić information content (AvgIpc) is 3.25. The van der Waals surface area contributed by atoms with Crippen LogP contribution in [0.3, 0.4) is 0 Å². The number of aryl methyl sites for hydroxylation is 1. The predicted octanol–water partition coefficient (Wildman–Crippen LogP) is 2.55. The van der Waals surface area contributed by atoms with Gasteiger partial charge in [0, 0.05) is 30.7 Å². The molecular formula is C18H18N4O2. The summed E-state index contributed by atoms with van der Waals surface area (Å²) in [4.78, 5) is 14.7. The first-order valence-corrected chi connectivity index (χ1v) is 8.00. The van der Waals surface area contributed by atoms with Crippen LogP contribution in [0.5, 0.6) is 0 Å². The van der Waals surface area contributed by atoms with Gasteiger partial charge in [-0.2, -0.15) is 5.10 Å². The van der Waals surface area contributed by atoms with Crippen molar-refractivity contribution in [3.05, 3.63) is 65.8 Å². The number of carbonyl (C=O) groups excluding carboxylic acids is 1. The highest BCUT2D eigenvalue weighted by atomic mass is 16.5. The van der Waals surface area contributed by atoms with Crippen LogP contribution in [-0.4, -0.2) is 27.4 Å². The second-order valence-electron chi connectivity index (χ2n) is 6.08. The highest BCUT2D eigenvalue weighted by Gasteiger charge is 2.29. The van der Waals surface area contributed by atoms with Gasteiger partial charge in [-0.15, -0.1) is 0 Å². The van der Waals surface area contributed by atoms with Crippen LogP contribution >= 0.6 is 0 Å². The van der Waals surface area contributed by atoms with Crippen LogP contribution in [-0.2, 0) is 17.6 Å². The molecule has 0 saturated heterocycles. The van der Waals surface area contributed by atoms with Gasteiger partial charge in [0.05, 0.1) is 18.2 Å². The van der Waals surface area contributed by atoms with E-state index < -0.39 is 0 Å². The van der Waals surface area contributed by atoms with Crippen LogP contribution < -0.4 is 4.90 Å². The minimum Gasteiger partial charge on any atom is -0.361 e. The lowest BCUT2D eigenvalue weighted by Gasteiger charge is -2.34. The maximum Gasteiger partial charge on any atom is 0.233 e. The molecule has 3 aromatic rings. The van der Waals surface area contributed by atoms with Crippen molar-refractivity contribution in [3.8, 4) is 0 Å². The van der Waals surface area contributed by atoms with E-state index in [0.717, 1.165) is 17.7 Å². The summed E-state index contributed by atoms with van der Waals surface area (Å²) >= 11 is 0. The molecule has 0 radical (unpaired) electrons. The van der Waals surface area contributed by atoms with E-state index in [1.54, 1.807) is 12.3 Å². The number of amides is 1. The molecular weight excluding hydrogens is 304 g/mol. The Bertz CT molecular complexity index is 854. The number of rotatable bonds is 3. The smallest absolute Gasteiger partial charge is 0.233 e. The first-order chi connectivity index (χ1) is 11.7. The molecule has 4 rings (SSSR count). The average molecular weight is 322 g/mol. The number of hydrogen-bond acceptors (Lipinski definition) is 4. The Morgan fingerprint density at radius 3 is 2.96 bits per heavy atom. The molecule has 0 aliphatic carbocycles. The summed E-state index contributed by atoms with van der Waals surface area (Å²) in [5.41, 5.74) is 2.80. The van der Waals surface area contributed by atoms with E-state index in [1.165, 1.54) is 0 Å². The van der Waals surface area contributed by atoms with Crippen molar-refractivity contribution >= 4 is 11.6 Å². The molecule has 1 amide bonds. The molecule has 2 aromatic heterocycles. The predicted molar refractivity (Wildman–Crippen MR) is 88.7 cm³/mol. The summed E-state index contributed by atoms with van der Waals surface area (Å²) in [5.74, 6) is 0.735. The van der Waals surface area contributed by atoms with E-state index in [2.05, 4.69) is 16.3 Å².